The number of hydrogen-bond donors (Lipinski definition) is 3. The lowest BCUT2D eigenvalue weighted by molar-refractivity contribution is -0.134. The van der Waals surface area contributed by atoms with Crippen molar-refractivity contribution in [2.75, 3.05) is 52.9 Å². The lowest BCUT2D eigenvalue weighted by Crippen LogP contribution is -2.56. The molecule has 2 aromatic carbocycles. The quantitative estimate of drug-likeness (QED) is 0.164. The average molecular weight is 711 g/mol. The summed E-state index contributed by atoms with van der Waals surface area (Å²) in [5.74, 6) is -0.0162. The Balaban J connectivity index is 1.13. The smallest absolute Gasteiger partial charge is 0.326 e. The number of para-hydroxylation sites is 1. The third kappa shape index (κ3) is 8.69. The summed E-state index contributed by atoms with van der Waals surface area (Å²) in [6, 6.07) is 13.7. The van der Waals surface area contributed by atoms with Gasteiger partial charge >= 0.3 is 11.7 Å². The van der Waals surface area contributed by atoms with E-state index < -0.39 is 6.04 Å². The van der Waals surface area contributed by atoms with E-state index in [1.54, 1.807) is 10.8 Å². The number of fused-ring (bicyclic) bond motifs is 3. The summed E-state index contributed by atoms with van der Waals surface area (Å²) >= 11 is 0. The molecule has 4 aromatic rings. The number of likely N-dealkylation sites (N-methyl/N-ethyl adjacent to an activating group) is 1. The summed E-state index contributed by atoms with van der Waals surface area (Å²) in [6.45, 7) is 12.6. The van der Waals surface area contributed by atoms with Crippen molar-refractivity contribution < 1.29 is 9.59 Å². The first-order valence-corrected chi connectivity index (χ1v) is 19.6. The number of rotatable bonds is 14. The predicted molar refractivity (Wildman–Crippen MR) is 209 cm³/mol. The number of urea groups is 1. The third-order valence-electron chi connectivity index (χ3n) is 11.3. The third-order valence-corrected chi connectivity index (χ3v) is 11.3. The van der Waals surface area contributed by atoms with E-state index in [2.05, 4.69) is 76.4 Å². The Morgan fingerprint density at radius 2 is 1.71 bits per heavy atom. The van der Waals surface area contributed by atoms with Gasteiger partial charge in [0, 0.05) is 69.7 Å². The Bertz CT molecular complexity index is 1870. The summed E-state index contributed by atoms with van der Waals surface area (Å²) < 4.78 is 1.80. The number of likely N-dealkylation sites (tertiary alicyclic amines) is 1. The molecule has 1 unspecified atom stereocenters. The number of aromatic nitrogens is 3. The molecule has 11 nitrogen and oxygen atoms in total. The largest absolute Gasteiger partial charge is 0.341 e. The summed E-state index contributed by atoms with van der Waals surface area (Å²) in [7, 11) is 2.18. The van der Waals surface area contributed by atoms with Gasteiger partial charge in [-0.25, -0.2) is 9.59 Å². The van der Waals surface area contributed by atoms with Gasteiger partial charge in [-0.05, 0) is 68.3 Å². The van der Waals surface area contributed by atoms with Crippen LogP contribution in [-0.2, 0) is 24.1 Å². The number of nitrogens with one attached hydrogen (secondary N) is 3. The Hall–Kier alpha value is -4.22. The van der Waals surface area contributed by atoms with Gasteiger partial charge in [0.15, 0.2) is 0 Å². The maximum Gasteiger partial charge on any atom is 0.326 e. The Labute approximate surface area is 308 Å². The molecule has 0 radical (unpaired) electrons. The van der Waals surface area contributed by atoms with Crippen LogP contribution in [0.4, 0.5) is 4.79 Å². The molecule has 2 aliphatic heterocycles. The number of imidazole rings is 1. The minimum atomic E-state index is -0.677. The number of benzene rings is 2. The van der Waals surface area contributed by atoms with Gasteiger partial charge in [-0.15, -0.1) is 0 Å². The maximum atomic E-state index is 14.2. The molecule has 2 fully saturated rings. The summed E-state index contributed by atoms with van der Waals surface area (Å²) in [6.07, 6.45) is 9.37. The van der Waals surface area contributed by atoms with E-state index in [1.165, 1.54) is 11.1 Å². The van der Waals surface area contributed by atoms with Crippen molar-refractivity contribution in [3.63, 3.8) is 0 Å². The zero-order valence-corrected chi connectivity index (χ0v) is 31.6. The first-order chi connectivity index (χ1) is 25.3. The summed E-state index contributed by atoms with van der Waals surface area (Å²) in [5, 5.41) is 7.03. The fourth-order valence-corrected chi connectivity index (χ4v) is 8.33. The zero-order valence-electron chi connectivity index (χ0n) is 31.6. The molecule has 0 aliphatic carbocycles. The van der Waals surface area contributed by atoms with E-state index in [-0.39, 0.29) is 23.7 Å². The van der Waals surface area contributed by atoms with Gasteiger partial charge in [0.25, 0.3) is 0 Å². The van der Waals surface area contributed by atoms with Crippen LogP contribution in [0.5, 0.6) is 0 Å². The maximum absolute atomic E-state index is 14.2. The van der Waals surface area contributed by atoms with Gasteiger partial charge in [0.1, 0.15) is 6.04 Å². The lowest BCUT2D eigenvalue weighted by Gasteiger charge is -2.42. The molecule has 3 N–H and O–H groups in total. The number of H-pyrrole nitrogens is 1. The molecule has 2 aliphatic rings. The van der Waals surface area contributed by atoms with E-state index in [4.69, 9.17) is 0 Å². The SMILES string of the molecule is CCCc1cc(C[C@@H](NC(=O)NCCC(CCC)n2c(=O)[nH]c3c4ccccc4ncc32)C(=O)N2CCC(N3CCN(C)CC3)CC2)ccc1CC. The molecule has 2 atom stereocenters. The van der Waals surface area contributed by atoms with Gasteiger partial charge in [0.05, 0.1) is 22.7 Å². The number of carbonyl (C=O) groups is 2. The van der Waals surface area contributed by atoms with Gasteiger partial charge in [-0.2, -0.15) is 0 Å². The molecule has 3 amide bonds. The number of aromatic amines is 1. The number of piperidine rings is 1. The number of nitrogens with zero attached hydrogens (tertiary/aromatic N) is 5. The number of hydrogen-bond acceptors (Lipinski definition) is 6. The minimum absolute atomic E-state index is 0.0162. The van der Waals surface area contributed by atoms with Crippen LogP contribution in [0.25, 0.3) is 21.9 Å². The first-order valence-electron chi connectivity index (χ1n) is 19.6. The van der Waals surface area contributed by atoms with Crippen molar-refractivity contribution in [3.05, 3.63) is 75.8 Å². The highest BCUT2D eigenvalue weighted by Gasteiger charge is 2.32. The van der Waals surface area contributed by atoms with Crippen LogP contribution >= 0.6 is 0 Å². The van der Waals surface area contributed by atoms with Crippen molar-refractivity contribution in [1.82, 2.24) is 39.9 Å². The van der Waals surface area contributed by atoms with Crippen LogP contribution in [0.15, 0.2) is 53.5 Å². The number of pyridine rings is 1. The van der Waals surface area contributed by atoms with Crippen LogP contribution in [0.1, 0.15) is 82.0 Å². The fourth-order valence-electron chi connectivity index (χ4n) is 8.33. The number of aryl methyl sites for hydroxylation is 2. The molecule has 52 heavy (non-hydrogen) atoms. The van der Waals surface area contributed by atoms with Gasteiger partial charge in [-0.1, -0.05) is 70.0 Å². The molecule has 0 spiro atoms. The van der Waals surface area contributed by atoms with Crippen LogP contribution in [0.3, 0.4) is 0 Å². The summed E-state index contributed by atoms with van der Waals surface area (Å²) in [4.78, 5) is 55.6. The second-order valence-corrected chi connectivity index (χ2v) is 14.8. The predicted octanol–water partition coefficient (Wildman–Crippen LogP) is 5.27. The van der Waals surface area contributed by atoms with Crippen molar-refractivity contribution >= 4 is 33.9 Å². The van der Waals surface area contributed by atoms with Crippen molar-refractivity contribution in [2.24, 2.45) is 0 Å². The molecular weight excluding hydrogens is 653 g/mol. The molecule has 2 saturated heterocycles. The first kappa shape index (κ1) is 37.5. The average Bonchev–Trinajstić information content (AvgIpc) is 3.50. The van der Waals surface area contributed by atoms with Crippen LogP contribution < -0.4 is 16.3 Å². The highest BCUT2D eigenvalue weighted by molar-refractivity contribution is 6.01. The van der Waals surface area contributed by atoms with E-state index >= 15 is 0 Å². The van der Waals surface area contributed by atoms with E-state index in [0.29, 0.717) is 38.5 Å². The molecular formula is C41H58N8O3. The molecule has 280 valence electrons. The Morgan fingerprint density at radius 3 is 2.44 bits per heavy atom. The Kier molecular flexibility index (Phi) is 12.7. The second-order valence-electron chi connectivity index (χ2n) is 14.8. The van der Waals surface area contributed by atoms with Crippen LogP contribution in [-0.4, -0.2) is 106 Å². The molecule has 0 bridgehead atoms. The number of piperazine rings is 1. The monoisotopic (exact) mass is 710 g/mol. The van der Waals surface area contributed by atoms with Crippen molar-refractivity contribution in [1.29, 1.82) is 0 Å². The normalized spacial score (nSPS) is 17.4. The molecule has 11 heteroatoms. The van der Waals surface area contributed by atoms with Gasteiger partial charge in [-0.3, -0.25) is 19.2 Å². The van der Waals surface area contributed by atoms with E-state index in [0.717, 1.165) is 98.6 Å². The highest BCUT2D eigenvalue weighted by Crippen LogP contribution is 2.26. The molecule has 0 saturated carbocycles. The van der Waals surface area contributed by atoms with Crippen LogP contribution in [0, 0.1) is 0 Å². The summed E-state index contributed by atoms with van der Waals surface area (Å²) in [5.41, 5.74) is 5.94. The van der Waals surface area contributed by atoms with E-state index in [9.17, 15) is 14.4 Å². The standard InChI is InChI=1S/C41H58N8O3/c1-5-10-31-26-29(14-15-30(31)7-3)27-36(39(50)48-20-17-32(18-21-48)47-24-22-46(4)23-25-47)44-40(51)42-19-16-33(11-6-2)49-37-28-43-35-13-9-8-12-34(35)38(37)45-41(49)52/h8-9,12-15,26,28,32-33,36H,5-7,10-11,16-25,27H2,1-4H3,(H,45,52)(H2,42,44,51)/t33?,36-/m1/s1. The molecule has 6 rings (SSSR count). The number of carbonyl (C=O) groups excluding carboxylic acids is 2. The molecule has 2 aromatic heterocycles. The van der Waals surface area contributed by atoms with Gasteiger partial charge in [0.2, 0.25) is 5.91 Å². The van der Waals surface area contributed by atoms with Gasteiger partial charge < -0.3 is 25.4 Å². The number of amides is 3. The van der Waals surface area contributed by atoms with Crippen molar-refractivity contribution in [3.8, 4) is 0 Å². The second kappa shape index (κ2) is 17.5. The highest BCUT2D eigenvalue weighted by atomic mass is 16.2. The van der Waals surface area contributed by atoms with Crippen LogP contribution in [0.2, 0.25) is 0 Å². The minimum Gasteiger partial charge on any atom is -0.341 e. The lowest BCUT2D eigenvalue weighted by atomic mass is 9.95. The fraction of sp³-hybridized carbons (Fsp3) is 0.561. The topological polar surface area (TPSA) is 119 Å². The van der Waals surface area contributed by atoms with E-state index in [1.807, 2.05) is 29.2 Å². The Morgan fingerprint density at radius 1 is 0.942 bits per heavy atom. The molecule has 4 heterocycles. The zero-order chi connectivity index (χ0) is 36.6. The van der Waals surface area contributed by atoms with Crippen molar-refractivity contribution in [2.45, 2.75) is 96.7 Å².